The van der Waals surface area contributed by atoms with Gasteiger partial charge in [-0.3, -0.25) is 4.79 Å². The van der Waals surface area contributed by atoms with Crippen LogP contribution in [-0.2, 0) is 4.79 Å². The van der Waals surface area contributed by atoms with Crippen LogP contribution in [0.15, 0.2) is 48.5 Å². The molecule has 0 saturated heterocycles. The van der Waals surface area contributed by atoms with Crippen molar-refractivity contribution >= 4 is 11.6 Å². The van der Waals surface area contributed by atoms with Crippen LogP contribution >= 0.6 is 0 Å². The largest absolute Gasteiger partial charge is 0.573 e. The minimum absolute atomic E-state index is 0.0753. The zero-order valence-corrected chi connectivity index (χ0v) is 14.5. The number of rotatable bonds is 7. The molecule has 0 aliphatic carbocycles. The maximum absolute atomic E-state index is 12.4. The molecule has 0 heterocycles. The SMILES string of the molecule is CCC(C)c1ccccc1OCC(=O)Nc1ccccc1OC(F)(F)F. The van der Waals surface area contributed by atoms with Gasteiger partial charge in [0.1, 0.15) is 5.75 Å². The minimum atomic E-state index is -4.84. The lowest BCUT2D eigenvalue weighted by molar-refractivity contribution is -0.274. The molecular formula is C19H20F3NO3. The Kier molecular flexibility index (Phi) is 6.49. The number of carbonyl (C=O) groups is 1. The van der Waals surface area contributed by atoms with Crippen molar-refractivity contribution < 1.29 is 27.4 Å². The maximum atomic E-state index is 12.4. The summed E-state index contributed by atoms with van der Waals surface area (Å²) >= 11 is 0. The minimum Gasteiger partial charge on any atom is -0.483 e. The average Bonchev–Trinajstić information content (AvgIpc) is 2.60. The Labute approximate surface area is 149 Å². The van der Waals surface area contributed by atoms with Crippen LogP contribution in [-0.4, -0.2) is 18.9 Å². The lowest BCUT2D eigenvalue weighted by Gasteiger charge is -2.16. The van der Waals surface area contributed by atoms with E-state index in [1.807, 2.05) is 26.0 Å². The highest BCUT2D eigenvalue weighted by molar-refractivity contribution is 5.93. The molecule has 0 spiro atoms. The van der Waals surface area contributed by atoms with Gasteiger partial charge in [0.05, 0.1) is 5.69 Å². The molecule has 0 radical (unpaired) electrons. The normalized spacial score (nSPS) is 12.3. The van der Waals surface area contributed by atoms with Crippen molar-refractivity contribution in [2.75, 3.05) is 11.9 Å². The lowest BCUT2D eigenvalue weighted by atomic mass is 9.98. The zero-order chi connectivity index (χ0) is 19.2. The van der Waals surface area contributed by atoms with Crippen molar-refractivity contribution in [1.29, 1.82) is 0 Å². The molecule has 0 aliphatic heterocycles. The number of hydrogen-bond acceptors (Lipinski definition) is 3. The van der Waals surface area contributed by atoms with E-state index >= 15 is 0 Å². The van der Waals surface area contributed by atoms with Crippen LogP contribution in [0.3, 0.4) is 0 Å². The molecular weight excluding hydrogens is 347 g/mol. The maximum Gasteiger partial charge on any atom is 0.573 e. The van der Waals surface area contributed by atoms with E-state index in [9.17, 15) is 18.0 Å². The summed E-state index contributed by atoms with van der Waals surface area (Å²) in [6.07, 6.45) is -3.93. The van der Waals surface area contributed by atoms with Gasteiger partial charge in [-0.1, -0.05) is 44.2 Å². The summed E-state index contributed by atoms with van der Waals surface area (Å²) in [6, 6.07) is 12.7. The Balaban J connectivity index is 2.03. The highest BCUT2D eigenvalue weighted by Crippen LogP contribution is 2.30. The van der Waals surface area contributed by atoms with Crippen LogP contribution in [0.1, 0.15) is 31.7 Å². The predicted molar refractivity (Wildman–Crippen MR) is 92.4 cm³/mol. The molecule has 0 bridgehead atoms. The molecule has 4 nitrogen and oxygen atoms in total. The number of anilines is 1. The van der Waals surface area contributed by atoms with Gasteiger partial charge in [0.15, 0.2) is 12.4 Å². The summed E-state index contributed by atoms with van der Waals surface area (Å²) in [5.41, 5.74) is 0.900. The van der Waals surface area contributed by atoms with Gasteiger partial charge < -0.3 is 14.8 Å². The van der Waals surface area contributed by atoms with Crippen molar-refractivity contribution in [2.45, 2.75) is 32.5 Å². The van der Waals surface area contributed by atoms with Gasteiger partial charge in [-0.25, -0.2) is 0 Å². The second kappa shape index (κ2) is 8.60. The van der Waals surface area contributed by atoms with Crippen LogP contribution < -0.4 is 14.8 Å². The van der Waals surface area contributed by atoms with Crippen molar-refractivity contribution in [1.82, 2.24) is 0 Å². The quantitative estimate of drug-likeness (QED) is 0.739. The molecule has 1 N–H and O–H groups in total. The second-order valence-corrected chi connectivity index (χ2v) is 5.73. The lowest BCUT2D eigenvalue weighted by Crippen LogP contribution is -2.23. The third kappa shape index (κ3) is 5.68. The molecule has 1 unspecified atom stereocenters. The molecule has 0 aliphatic rings. The monoisotopic (exact) mass is 367 g/mol. The summed E-state index contributed by atoms with van der Waals surface area (Å²) in [7, 11) is 0. The molecule has 2 rings (SSSR count). The van der Waals surface area contributed by atoms with Crippen LogP contribution in [0.2, 0.25) is 0 Å². The van der Waals surface area contributed by atoms with Crippen LogP contribution in [0, 0.1) is 0 Å². The summed E-state index contributed by atoms with van der Waals surface area (Å²) in [4.78, 5) is 12.1. The van der Waals surface area contributed by atoms with Crippen molar-refractivity contribution in [3.05, 3.63) is 54.1 Å². The van der Waals surface area contributed by atoms with Gasteiger partial charge in [-0.2, -0.15) is 0 Å². The van der Waals surface area contributed by atoms with E-state index in [1.54, 1.807) is 12.1 Å². The van der Waals surface area contributed by atoms with Crippen molar-refractivity contribution in [3.8, 4) is 11.5 Å². The van der Waals surface area contributed by atoms with E-state index in [0.717, 1.165) is 18.1 Å². The van der Waals surface area contributed by atoms with Crippen molar-refractivity contribution in [3.63, 3.8) is 0 Å². The summed E-state index contributed by atoms with van der Waals surface area (Å²) in [5, 5.41) is 2.38. The molecule has 140 valence electrons. The number of benzene rings is 2. The highest BCUT2D eigenvalue weighted by atomic mass is 19.4. The molecule has 1 amide bonds. The number of nitrogens with one attached hydrogen (secondary N) is 1. The number of hydrogen-bond donors (Lipinski definition) is 1. The summed E-state index contributed by atoms with van der Waals surface area (Å²) in [6.45, 7) is 3.77. The molecule has 2 aromatic rings. The van der Waals surface area contributed by atoms with E-state index < -0.39 is 18.0 Å². The number of alkyl halides is 3. The van der Waals surface area contributed by atoms with E-state index in [0.29, 0.717) is 5.75 Å². The molecule has 26 heavy (non-hydrogen) atoms. The van der Waals surface area contributed by atoms with E-state index in [-0.39, 0.29) is 18.2 Å². The van der Waals surface area contributed by atoms with Crippen LogP contribution in [0.25, 0.3) is 0 Å². The van der Waals surface area contributed by atoms with E-state index in [2.05, 4.69) is 10.1 Å². The fraction of sp³-hybridized carbons (Fsp3) is 0.316. The van der Waals surface area contributed by atoms with Crippen molar-refractivity contribution in [2.24, 2.45) is 0 Å². The molecule has 0 fully saturated rings. The van der Waals surface area contributed by atoms with Gasteiger partial charge in [0.2, 0.25) is 0 Å². The number of ether oxygens (including phenoxy) is 2. The summed E-state index contributed by atoms with van der Waals surface area (Å²) in [5.74, 6) is -0.220. The fourth-order valence-electron chi connectivity index (χ4n) is 2.35. The molecule has 0 aromatic heterocycles. The first-order chi connectivity index (χ1) is 12.3. The predicted octanol–water partition coefficient (Wildman–Crippen LogP) is 5.12. The first kappa shape index (κ1) is 19.6. The second-order valence-electron chi connectivity index (χ2n) is 5.73. The van der Waals surface area contributed by atoms with E-state index in [1.165, 1.54) is 18.2 Å². The highest BCUT2D eigenvalue weighted by Gasteiger charge is 2.32. The topological polar surface area (TPSA) is 47.6 Å². The molecule has 2 aromatic carbocycles. The Hall–Kier alpha value is -2.70. The number of halogens is 3. The molecule has 7 heteroatoms. The smallest absolute Gasteiger partial charge is 0.483 e. The van der Waals surface area contributed by atoms with E-state index in [4.69, 9.17) is 4.74 Å². The van der Waals surface area contributed by atoms with Crippen LogP contribution in [0.4, 0.5) is 18.9 Å². The molecule has 1 atom stereocenters. The van der Waals surface area contributed by atoms with Gasteiger partial charge in [0, 0.05) is 0 Å². The first-order valence-electron chi connectivity index (χ1n) is 8.16. The fourth-order valence-corrected chi connectivity index (χ4v) is 2.35. The standard InChI is InChI=1S/C19H20F3NO3/c1-3-13(2)14-8-4-6-10-16(14)25-12-18(24)23-15-9-5-7-11-17(15)26-19(20,21)22/h4-11,13H,3,12H2,1-2H3,(H,23,24). The zero-order valence-electron chi connectivity index (χ0n) is 14.5. The third-order valence-electron chi connectivity index (χ3n) is 3.81. The number of para-hydroxylation sites is 3. The van der Waals surface area contributed by atoms with Gasteiger partial charge >= 0.3 is 6.36 Å². The van der Waals surface area contributed by atoms with Gasteiger partial charge in [-0.15, -0.1) is 13.2 Å². The Morgan fingerprint density at radius 1 is 1.08 bits per heavy atom. The number of amides is 1. The first-order valence-corrected chi connectivity index (χ1v) is 8.16. The van der Waals surface area contributed by atoms with Gasteiger partial charge in [-0.05, 0) is 36.1 Å². The average molecular weight is 367 g/mol. The van der Waals surface area contributed by atoms with Crippen LogP contribution in [0.5, 0.6) is 11.5 Å². The Bertz CT molecular complexity index is 747. The molecule has 0 saturated carbocycles. The number of carbonyl (C=O) groups excluding carboxylic acids is 1. The Morgan fingerprint density at radius 2 is 1.69 bits per heavy atom. The third-order valence-corrected chi connectivity index (χ3v) is 3.81. The summed E-state index contributed by atoms with van der Waals surface area (Å²) < 4.78 is 46.7. The Morgan fingerprint density at radius 3 is 2.35 bits per heavy atom. The van der Waals surface area contributed by atoms with Gasteiger partial charge in [0.25, 0.3) is 5.91 Å².